The average Bonchev–Trinajstić information content (AvgIpc) is 2.85. The van der Waals surface area contributed by atoms with Crippen LogP contribution < -0.4 is 4.90 Å². The van der Waals surface area contributed by atoms with E-state index in [1.165, 1.54) is 12.5 Å². The number of likely N-dealkylation sites (tertiary alicyclic amines) is 1. The van der Waals surface area contributed by atoms with Crippen LogP contribution in [0, 0.1) is 22.6 Å². The van der Waals surface area contributed by atoms with Gasteiger partial charge in [0, 0.05) is 39.3 Å². The number of piperidine rings is 1. The standard InChI is InChI=1S/C24H36FN3O/c1-23(2)19-10-11-24(23,3)22(29)28(18-19)13-7-6-12-26-14-16-27(17-15-26)21-9-5-4-8-20(21)25/h4-5,8-9,19H,6-7,10-18H2,1-3H3/t19?,24-/m0/s1. The van der Waals surface area contributed by atoms with Crippen LogP contribution in [0.25, 0.3) is 0 Å². The number of nitrogens with zero attached hydrogens (tertiary/aromatic N) is 3. The number of benzene rings is 1. The zero-order valence-electron chi connectivity index (χ0n) is 18.3. The summed E-state index contributed by atoms with van der Waals surface area (Å²) < 4.78 is 14.0. The Balaban J connectivity index is 1.20. The maximum Gasteiger partial charge on any atom is 0.229 e. The average molecular weight is 402 g/mol. The van der Waals surface area contributed by atoms with E-state index in [0.717, 1.165) is 70.8 Å². The molecule has 2 bridgehead atoms. The summed E-state index contributed by atoms with van der Waals surface area (Å²) in [6, 6.07) is 7.06. The second-order valence-electron chi connectivity index (χ2n) is 10.0. The molecule has 0 radical (unpaired) electrons. The van der Waals surface area contributed by atoms with Gasteiger partial charge in [-0.1, -0.05) is 32.9 Å². The Kier molecular flexibility index (Phi) is 5.62. The highest BCUT2D eigenvalue weighted by Gasteiger charge is 2.60. The summed E-state index contributed by atoms with van der Waals surface area (Å²) in [5, 5.41) is 0. The van der Waals surface area contributed by atoms with Crippen LogP contribution in [0.5, 0.6) is 0 Å². The van der Waals surface area contributed by atoms with Crippen LogP contribution in [0.1, 0.15) is 46.5 Å². The second kappa shape index (κ2) is 7.90. The third-order valence-electron chi connectivity index (χ3n) is 8.35. The number of carbonyl (C=O) groups excluding carboxylic acids is 1. The van der Waals surface area contributed by atoms with E-state index in [1.807, 2.05) is 12.1 Å². The molecule has 2 aliphatic heterocycles. The Hall–Kier alpha value is -1.62. The lowest BCUT2D eigenvalue weighted by Crippen LogP contribution is -2.56. The number of amides is 1. The predicted octanol–water partition coefficient (Wildman–Crippen LogP) is 4.01. The lowest BCUT2D eigenvalue weighted by molar-refractivity contribution is -0.155. The van der Waals surface area contributed by atoms with Gasteiger partial charge >= 0.3 is 0 Å². The molecule has 0 aromatic heterocycles. The number of halogens is 1. The molecule has 1 aromatic carbocycles. The van der Waals surface area contributed by atoms with Gasteiger partial charge in [-0.25, -0.2) is 4.39 Å². The molecule has 1 unspecified atom stereocenters. The number of piperazine rings is 1. The molecule has 4 nitrogen and oxygen atoms in total. The number of fused-ring (bicyclic) bond motifs is 2. The van der Waals surface area contributed by atoms with Crippen LogP contribution in [-0.2, 0) is 4.79 Å². The van der Waals surface area contributed by atoms with E-state index in [2.05, 4.69) is 35.5 Å². The third kappa shape index (κ3) is 3.67. The first-order chi connectivity index (χ1) is 13.8. The summed E-state index contributed by atoms with van der Waals surface area (Å²) in [6.07, 6.45) is 4.43. The van der Waals surface area contributed by atoms with Crippen LogP contribution >= 0.6 is 0 Å². The van der Waals surface area contributed by atoms with Crippen LogP contribution in [0.15, 0.2) is 24.3 Å². The van der Waals surface area contributed by atoms with E-state index in [4.69, 9.17) is 0 Å². The van der Waals surface area contributed by atoms with Gasteiger partial charge in [-0.3, -0.25) is 9.69 Å². The number of carbonyl (C=O) groups is 1. The number of para-hydroxylation sites is 1. The van der Waals surface area contributed by atoms with Crippen molar-refractivity contribution in [2.45, 2.75) is 46.5 Å². The van der Waals surface area contributed by atoms with Crippen molar-refractivity contribution in [2.75, 3.05) is 50.7 Å². The molecule has 0 spiro atoms. The van der Waals surface area contributed by atoms with Crippen LogP contribution in [0.2, 0.25) is 0 Å². The van der Waals surface area contributed by atoms with Crippen molar-refractivity contribution in [2.24, 2.45) is 16.7 Å². The minimum atomic E-state index is -0.168. The molecule has 2 atom stereocenters. The maximum absolute atomic E-state index is 14.0. The van der Waals surface area contributed by atoms with E-state index >= 15 is 0 Å². The molecule has 1 aliphatic carbocycles. The van der Waals surface area contributed by atoms with Gasteiger partial charge in [0.15, 0.2) is 0 Å². The second-order valence-corrected chi connectivity index (χ2v) is 10.0. The van der Waals surface area contributed by atoms with Crippen LogP contribution in [-0.4, -0.2) is 61.5 Å². The normalized spacial score (nSPS) is 29.5. The largest absolute Gasteiger partial charge is 0.367 e. The fraction of sp³-hybridized carbons (Fsp3) is 0.708. The SMILES string of the molecule is CC1(C)C2CC[C@@]1(C)C(=O)N(CCCCN1CCN(c3ccccc3F)CC1)C2. The quantitative estimate of drug-likeness (QED) is 0.674. The van der Waals surface area contributed by atoms with Crippen LogP contribution in [0.3, 0.4) is 0 Å². The van der Waals surface area contributed by atoms with Gasteiger partial charge in [-0.2, -0.15) is 0 Å². The molecule has 1 amide bonds. The van der Waals surface area contributed by atoms with Crippen molar-refractivity contribution >= 4 is 11.6 Å². The number of unbranched alkanes of at least 4 members (excludes halogenated alkanes) is 1. The zero-order valence-corrected chi connectivity index (χ0v) is 18.3. The Morgan fingerprint density at radius 3 is 2.45 bits per heavy atom. The number of anilines is 1. The first kappa shape index (κ1) is 20.6. The third-order valence-corrected chi connectivity index (χ3v) is 8.35. The fourth-order valence-electron chi connectivity index (χ4n) is 5.75. The summed E-state index contributed by atoms with van der Waals surface area (Å²) in [4.78, 5) is 19.9. The number of rotatable bonds is 6. The Labute approximate surface area is 175 Å². The minimum absolute atomic E-state index is 0.127. The van der Waals surface area contributed by atoms with Gasteiger partial charge in [-0.15, -0.1) is 0 Å². The first-order valence-corrected chi connectivity index (χ1v) is 11.3. The summed E-state index contributed by atoms with van der Waals surface area (Å²) in [5.41, 5.74) is 0.694. The maximum atomic E-state index is 14.0. The van der Waals surface area contributed by atoms with E-state index in [9.17, 15) is 9.18 Å². The fourth-order valence-corrected chi connectivity index (χ4v) is 5.75. The van der Waals surface area contributed by atoms with Gasteiger partial charge in [0.25, 0.3) is 0 Å². The molecule has 0 N–H and O–H groups in total. The molecular formula is C24H36FN3O. The minimum Gasteiger partial charge on any atom is -0.367 e. The molecule has 4 rings (SSSR count). The molecule has 29 heavy (non-hydrogen) atoms. The lowest BCUT2D eigenvalue weighted by Gasteiger charge is -2.49. The van der Waals surface area contributed by atoms with E-state index in [1.54, 1.807) is 6.07 Å². The van der Waals surface area contributed by atoms with Gasteiger partial charge in [0.05, 0.1) is 11.1 Å². The van der Waals surface area contributed by atoms with Crippen LogP contribution in [0.4, 0.5) is 10.1 Å². The molecule has 3 aliphatic rings. The van der Waals surface area contributed by atoms with Gasteiger partial charge in [0.1, 0.15) is 5.82 Å². The van der Waals surface area contributed by atoms with Crippen molar-refractivity contribution in [3.05, 3.63) is 30.1 Å². The summed E-state index contributed by atoms with van der Waals surface area (Å²) in [7, 11) is 0. The topological polar surface area (TPSA) is 26.8 Å². The van der Waals surface area contributed by atoms with E-state index in [-0.39, 0.29) is 16.6 Å². The highest BCUT2D eigenvalue weighted by molar-refractivity contribution is 5.85. The summed E-state index contributed by atoms with van der Waals surface area (Å²) in [6.45, 7) is 13.4. The highest BCUT2D eigenvalue weighted by Crippen LogP contribution is 2.59. The molecule has 1 aromatic rings. The Bertz CT molecular complexity index is 743. The monoisotopic (exact) mass is 401 g/mol. The molecule has 160 valence electrons. The Morgan fingerprint density at radius 2 is 1.72 bits per heavy atom. The first-order valence-electron chi connectivity index (χ1n) is 11.3. The van der Waals surface area contributed by atoms with Crippen molar-refractivity contribution < 1.29 is 9.18 Å². The molecular weight excluding hydrogens is 365 g/mol. The highest BCUT2D eigenvalue weighted by atomic mass is 19.1. The van der Waals surface area contributed by atoms with Gasteiger partial charge in [0.2, 0.25) is 5.91 Å². The molecule has 5 heteroatoms. The molecule has 1 saturated carbocycles. The summed E-state index contributed by atoms with van der Waals surface area (Å²) in [5.74, 6) is 0.907. The molecule has 2 saturated heterocycles. The lowest BCUT2D eigenvalue weighted by atomic mass is 9.62. The van der Waals surface area contributed by atoms with Crippen molar-refractivity contribution in [3.8, 4) is 0 Å². The Morgan fingerprint density at radius 1 is 1.03 bits per heavy atom. The predicted molar refractivity (Wildman–Crippen MR) is 115 cm³/mol. The van der Waals surface area contributed by atoms with Crippen molar-refractivity contribution in [1.29, 1.82) is 0 Å². The number of hydrogen-bond acceptors (Lipinski definition) is 3. The van der Waals surface area contributed by atoms with E-state index in [0.29, 0.717) is 11.8 Å². The smallest absolute Gasteiger partial charge is 0.229 e. The molecule has 3 fully saturated rings. The number of hydrogen-bond donors (Lipinski definition) is 0. The van der Waals surface area contributed by atoms with Gasteiger partial charge < -0.3 is 9.80 Å². The van der Waals surface area contributed by atoms with Crippen molar-refractivity contribution in [3.63, 3.8) is 0 Å². The van der Waals surface area contributed by atoms with E-state index < -0.39 is 0 Å². The molecule has 2 heterocycles. The van der Waals surface area contributed by atoms with Gasteiger partial charge in [-0.05, 0) is 55.7 Å². The zero-order chi connectivity index (χ0) is 20.6. The van der Waals surface area contributed by atoms with Crippen molar-refractivity contribution in [1.82, 2.24) is 9.80 Å². The summed E-state index contributed by atoms with van der Waals surface area (Å²) >= 11 is 0.